The van der Waals surface area contributed by atoms with Crippen molar-refractivity contribution in [2.75, 3.05) is 11.9 Å². The van der Waals surface area contributed by atoms with Gasteiger partial charge >= 0.3 is 0 Å². The Morgan fingerprint density at radius 3 is 2.85 bits per heavy atom. The SMILES string of the molecule is CC(C)(F)c1cc(-n2c3nc(Nc4ccc5c(c4)CCNC5)ncc3c(=O)n2C2CC2)ns1. The topological polar surface area (TPSA) is 89.7 Å². The zero-order valence-corrected chi connectivity index (χ0v) is 19.2. The summed E-state index contributed by atoms with van der Waals surface area (Å²) in [5, 5.41) is 7.09. The number of nitrogens with zero attached hydrogens (tertiary/aromatic N) is 5. The second-order valence-corrected chi connectivity index (χ2v) is 9.99. The van der Waals surface area contributed by atoms with Crippen LogP contribution in [-0.2, 0) is 18.6 Å². The second-order valence-electron chi connectivity index (χ2n) is 9.18. The van der Waals surface area contributed by atoms with E-state index in [0.29, 0.717) is 27.7 Å². The molecule has 2 N–H and O–H groups in total. The van der Waals surface area contributed by atoms with Crippen molar-refractivity contribution in [1.82, 2.24) is 29.0 Å². The Hall–Kier alpha value is -3.11. The van der Waals surface area contributed by atoms with Crippen LogP contribution < -0.4 is 16.2 Å². The first-order valence-corrected chi connectivity index (χ1v) is 11.9. The Balaban J connectivity index is 1.44. The molecule has 1 aromatic carbocycles. The average Bonchev–Trinajstić information content (AvgIpc) is 3.42. The summed E-state index contributed by atoms with van der Waals surface area (Å²) in [6, 6.07) is 8.05. The summed E-state index contributed by atoms with van der Waals surface area (Å²) in [6.45, 7) is 4.85. The monoisotopic (exact) mass is 465 g/mol. The lowest BCUT2D eigenvalue weighted by molar-refractivity contribution is 0.227. The number of hydrogen-bond donors (Lipinski definition) is 2. The number of alkyl halides is 1. The zero-order valence-electron chi connectivity index (χ0n) is 18.4. The van der Waals surface area contributed by atoms with E-state index in [2.05, 4.69) is 32.1 Å². The molecule has 0 unspecified atom stereocenters. The van der Waals surface area contributed by atoms with E-state index in [1.54, 1.807) is 21.6 Å². The molecular weight excluding hydrogens is 441 g/mol. The van der Waals surface area contributed by atoms with Gasteiger partial charge in [-0.25, -0.2) is 18.7 Å². The van der Waals surface area contributed by atoms with Crippen LogP contribution in [0.5, 0.6) is 0 Å². The van der Waals surface area contributed by atoms with Gasteiger partial charge in [0.2, 0.25) is 5.95 Å². The normalized spacial score (nSPS) is 16.2. The summed E-state index contributed by atoms with van der Waals surface area (Å²) in [4.78, 5) is 22.8. The van der Waals surface area contributed by atoms with E-state index < -0.39 is 5.67 Å². The maximum Gasteiger partial charge on any atom is 0.278 e. The second kappa shape index (κ2) is 7.46. The summed E-state index contributed by atoms with van der Waals surface area (Å²) in [5.41, 5.74) is 2.33. The molecule has 1 aliphatic carbocycles. The molecule has 33 heavy (non-hydrogen) atoms. The molecule has 0 radical (unpaired) electrons. The summed E-state index contributed by atoms with van der Waals surface area (Å²) >= 11 is 1.10. The number of hydrogen-bond acceptors (Lipinski definition) is 7. The predicted octanol–water partition coefficient (Wildman–Crippen LogP) is 3.97. The fourth-order valence-corrected chi connectivity index (χ4v) is 4.96. The largest absolute Gasteiger partial charge is 0.324 e. The van der Waals surface area contributed by atoms with Gasteiger partial charge in [-0.2, -0.15) is 9.36 Å². The molecule has 0 amide bonds. The first-order valence-electron chi connectivity index (χ1n) is 11.1. The fraction of sp³-hybridized carbons (Fsp3) is 0.391. The van der Waals surface area contributed by atoms with Crippen LogP contribution >= 0.6 is 11.5 Å². The number of halogens is 1. The lowest BCUT2D eigenvalue weighted by Gasteiger charge is -2.18. The minimum absolute atomic E-state index is 0.0981. The van der Waals surface area contributed by atoms with E-state index in [9.17, 15) is 9.18 Å². The number of benzene rings is 1. The Morgan fingerprint density at radius 2 is 2.09 bits per heavy atom. The third kappa shape index (κ3) is 3.63. The molecule has 2 aliphatic rings. The van der Waals surface area contributed by atoms with Crippen molar-refractivity contribution < 1.29 is 4.39 Å². The molecule has 1 saturated carbocycles. The highest BCUT2D eigenvalue weighted by Crippen LogP contribution is 2.37. The van der Waals surface area contributed by atoms with Crippen molar-refractivity contribution >= 4 is 34.2 Å². The van der Waals surface area contributed by atoms with Crippen molar-refractivity contribution in [3.8, 4) is 5.82 Å². The third-order valence-electron chi connectivity index (χ3n) is 6.17. The number of fused-ring (bicyclic) bond motifs is 2. The minimum atomic E-state index is -1.51. The number of aromatic nitrogens is 5. The lowest BCUT2D eigenvalue weighted by atomic mass is 10.0. The molecular formula is C23H24FN7OS. The zero-order chi connectivity index (χ0) is 22.7. The van der Waals surface area contributed by atoms with Crippen LogP contribution in [0, 0.1) is 0 Å². The molecule has 0 spiro atoms. The van der Waals surface area contributed by atoms with Crippen LogP contribution in [0.3, 0.4) is 0 Å². The van der Waals surface area contributed by atoms with Crippen LogP contribution in [0.1, 0.15) is 48.7 Å². The molecule has 4 heterocycles. The van der Waals surface area contributed by atoms with Crippen LogP contribution in [0.15, 0.2) is 35.3 Å². The summed E-state index contributed by atoms with van der Waals surface area (Å²) in [5.74, 6) is 0.907. The summed E-state index contributed by atoms with van der Waals surface area (Å²) in [6.07, 6.45) is 4.39. The Kier molecular flexibility index (Phi) is 4.63. The highest BCUT2D eigenvalue weighted by molar-refractivity contribution is 7.06. The van der Waals surface area contributed by atoms with Gasteiger partial charge in [-0.3, -0.25) is 4.79 Å². The fourth-order valence-electron chi connectivity index (χ4n) is 4.26. The van der Waals surface area contributed by atoms with E-state index in [0.717, 1.165) is 49.6 Å². The van der Waals surface area contributed by atoms with Crippen LogP contribution in [-0.4, -0.2) is 30.2 Å². The maximum atomic E-state index is 14.5. The van der Waals surface area contributed by atoms with Crippen LogP contribution in [0.25, 0.3) is 16.9 Å². The van der Waals surface area contributed by atoms with Gasteiger partial charge in [0.15, 0.2) is 11.5 Å². The van der Waals surface area contributed by atoms with E-state index in [1.807, 2.05) is 6.07 Å². The van der Waals surface area contributed by atoms with Gasteiger partial charge in [-0.05, 0) is 74.4 Å². The molecule has 8 nitrogen and oxygen atoms in total. The molecule has 4 aromatic rings. The quantitative estimate of drug-likeness (QED) is 0.464. The van der Waals surface area contributed by atoms with Gasteiger partial charge in [0.1, 0.15) is 11.1 Å². The van der Waals surface area contributed by atoms with E-state index in [4.69, 9.17) is 4.98 Å². The number of rotatable bonds is 5. The summed E-state index contributed by atoms with van der Waals surface area (Å²) < 4.78 is 22.4. The van der Waals surface area contributed by atoms with Crippen molar-refractivity contribution in [3.05, 3.63) is 56.8 Å². The van der Waals surface area contributed by atoms with Gasteiger partial charge in [-0.15, -0.1) is 0 Å². The Morgan fingerprint density at radius 1 is 1.24 bits per heavy atom. The highest BCUT2D eigenvalue weighted by Gasteiger charge is 2.32. The van der Waals surface area contributed by atoms with Crippen LogP contribution in [0.2, 0.25) is 0 Å². The number of anilines is 2. The third-order valence-corrected chi connectivity index (χ3v) is 7.24. The number of nitrogens with one attached hydrogen (secondary N) is 2. The van der Waals surface area contributed by atoms with Crippen molar-refractivity contribution in [2.45, 2.75) is 51.4 Å². The van der Waals surface area contributed by atoms with Crippen molar-refractivity contribution in [1.29, 1.82) is 0 Å². The molecule has 6 rings (SSSR count). The minimum Gasteiger partial charge on any atom is -0.324 e. The molecule has 0 bridgehead atoms. The van der Waals surface area contributed by atoms with Gasteiger partial charge in [0.05, 0.1) is 10.9 Å². The first kappa shape index (κ1) is 20.5. The van der Waals surface area contributed by atoms with Gasteiger partial charge < -0.3 is 10.6 Å². The van der Waals surface area contributed by atoms with Crippen molar-refractivity contribution in [2.24, 2.45) is 0 Å². The summed E-state index contributed by atoms with van der Waals surface area (Å²) in [7, 11) is 0. The maximum absolute atomic E-state index is 14.5. The molecule has 10 heteroatoms. The highest BCUT2D eigenvalue weighted by atomic mass is 32.1. The predicted molar refractivity (Wildman–Crippen MR) is 126 cm³/mol. The average molecular weight is 466 g/mol. The molecule has 0 saturated heterocycles. The first-order chi connectivity index (χ1) is 15.9. The van der Waals surface area contributed by atoms with E-state index in [1.165, 1.54) is 25.0 Å². The van der Waals surface area contributed by atoms with E-state index >= 15 is 0 Å². The van der Waals surface area contributed by atoms with E-state index in [-0.39, 0.29) is 11.6 Å². The Labute approximate surface area is 193 Å². The van der Waals surface area contributed by atoms with Gasteiger partial charge in [0.25, 0.3) is 5.56 Å². The lowest BCUT2D eigenvalue weighted by Crippen LogP contribution is -2.23. The standard InChI is InChI=1S/C23H24FN7OS/c1-23(2,24)18-10-19(29-33-18)31-20-17(21(32)30(31)16-5-6-16)12-26-22(28-20)27-15-4-3-14-11-25-8-7-13(14)9-15/h3-4,9-10,12,16,25H,5-8,11H2,1-2H3,(H,26,27,28). The molecule has 0 atom stereocenters. The molecule has 3 aromatic heterocycles. The molecule has 170 valence electrons. The van der Waals surface area contributed by atoms with Gasteiger partial charge in [-0.1, -0.05) is 6.07 Å². The molecule has 1 aliphatic heterocycles. The smallest absolute Gasteiger partial charge is 0.278 e. The van der Waals surface area contributed by atoms with Gasteiger partial charge in [0, 0.05) is 24.5 Å². The van der Waals surface area contributed by atoms with Crippen molar-refractivity contribution in [3.63, 3.8) is 0 Å². The molecule has 1 fully saturated rings. The Bertz CT molecular complexity index is 1430. The van der Waals surface area contributed by atoms with Crippen LogP contribution in [0.4, 0.5) is 16.0 Å².